The second-order valence-electron chi connectivity index (χ2n) is 3.30. The largest absolute Gasteiger partial charge is 0.174 e. The van der Waals surface area contributed by atoms with Crippen LogP contribution in [0.15, 0.2) is 67.0 Å². The maximum Gasteiger partial charge on any atom is 0.0915 e. The topological polar surface area (TPSA) is 24.7 Å². The van der Waals surface area contributed by atoms with Crippen LogP contribution in [0.25, 0.3) is 0 Å². The molecule has 0 saturated carbocycles. The quantitative estimate of drug-likeness (QED) is 0.568. The van der Waals surface area contributed by atoms with Crippen LogP contribution < -0.4 is 0 Å². The van der Waals surface area contributed by atoms with Crippen LogP contribution in [0, 0.1) is 0 Å². The zero-order chi connectivity index (χ0) is 10.8. The molecule has 0 fully saturated rings. The molecule has 2 aromatic rings. The molecule has 0 bridgehead atoms. The molecule has 0 aliphatic carbocycles. The molecule has 1 aliphatic rings. The third-order valence-corrected chi connectivity index (χ3v) is 3.92. The van der Waals surface area contributed by atoms with E-state index >= 15 is 0 Å². The Labute approximate surface area is 102 Å². The molecular weight excluding hydrogens is 236 g/mol. The summed E-state index contributed by atoms with van der Waals surface area (Å²) in [7, 11) is 0. The second-order valence-corrected chi connectivity index (χ2v) is 4.91. The molecule has 2 aromatic carbocycles. The number of fused-ring (bicyclic) bond motifs is 2. The van der Waals surface area contributed by atoms with Gasteiger partial charge in [-0.2, -0.15) is 8.73 Å². The third-order valence-electron chi connectivity index (χ3n) is 2.23. The molecule has 0 atom stereocenters. The lowest BCUT2D eigenvalue weighted by Crippen LogP contribution is -1.78. The molecule has 3 rings (SSSR count). The highest BCUT2D eigenvalue weighted by atomic mass is 32.2. The van der Waals surface area contributed by atoms with Crippen LogP contribution in [-0.2, 0) is 11.4 Å². The third kappa shape index (κ3) is 1.81. The van der Waals surface area contributed by atoms with Crippen molar-refractivity contribution in [2.24, 2.45) is 8.73 Å². The Morgan fingerprint density at radius 2 is 1.19 bits per heavy atom. The lowest BCUT2D eigenvalue weighted by atomic mass is 10.3. The Hall–Kier alpha value is -1.39. The van der Waals surface area contributed by atoms with E-state index in [4.69, 9.17) is 0 Å². The minimum Gasteiger partial charge on any atom is -0.174 e. The minimum absolute atomic E-state index is 0.996. The average Bonchev–Trinajstić information content (AvgIpc) is 2.29. The molecule has 0 unspecified atom stereocenters. The molecule has 0 amide bonds. The number of benzene rings is 2. The van der Waals surface area contributed by atoms with Gasteiger partial charge in [0.05, 0.1) is 22.7 Å². The Morgan fingerprint density at radius 1 is 0.688 bits per heavy atom. The molecule has 0 N–H and O–H groups in total. The molecule has 4 heteroatoms. The van der Waals surface area contributed by atoms with Crippen LogP contribution >= 0.6 is 11.8 Å². The van der Waals surface area contributed by atoms with E-state index in [1.165, 1.54) is 21.1 Å². The van der Waals surface area contributed by atoms with Crippen molar-refractivity contribution in [1.82, 2.24) is 0 Å². The van der Waals surface area contributed by atoms with Crippen molar-refractivity contribution >= 4 is 34.5 Å². The van der Waals surface area contributed by atoms with E-state index in [1.807, 2.05) is 36.4 Å². The molecule has 1 aliphatic heterocycles. The molecule has 0 spiro atoms. The zero-order valence-electron chi connectivity index (χ0n) is 8.33. The van der Waals surface area contributed by atoms with Gasteiger partial charge in [0.25, 0.3) is 0 Å². The van der Waals surface area contributed by atoms with Gasteiger partial charge in [0.2, 0.25) is 0 Å². The number of rotatable bonds is 0. The highest BCUT2D eigenvalue weighted by molar-refractivity contribution is 7.99. The minimum atomic E-state index is 0.996. The summed E-state index contributed by atoms with van der Waals surface area (Å²) in [6.07, 6.45) is 0. The summed E-state index contributed by atoms with van der Waals surface area (Å²) in [4.78, 5) is 2.36. The fraction of sp³-hybridized carbons (Fsp3) is 0. The summed E-state index contributed by atoms with van der Waals surface area (Å²) >= 11 is 2.97. The van der Waals surface area contributed by atoms with E-state index in [0.717, 1.165) is 11.4 Å². The van der Waals surface area contributed by atoms with Crippen molar-refractivity contribution in [2.75, 3.05) is 0 Å². The Morgan fingerprint density at radius 3 is 1.75 bits per heavy atom. The second kappa shape index (κ2) is 4.23. The Bertz CT molecular complexity index is 552. The van der Waals surface area contributed by atoms with E-state index in [-0.39, 0.29) is 0 Å². The number of hydrogen-bond acceptors (Lipinski definition) is 3. The first kappa shape index (κ1) is 9.81. The molecular formula is C12H8N2S2. The van der Waals surface area contributed by atoms with Gasteiger partial charge < -0.3 is 0 Å². The maximum absolute atomic E-state index is 4.37. The van der Waals surface area contributed by atoms with E-state index in [0.29, 0.717) is 0 Å². The zero-order valence-corrected chi connectivity index (χ0v) is 9.96. The van der Waals surface area contributed by atoms with Gasteiger partial charge in [-0.05, 0) is 24.3 Å². The summed E-state index contributed by atoms with van der Waals surface area (Å²) < 4.78 is 8.75. The molecule has 2 nitrogen and oxygen atoms in total. The van der Waals surface area contributed by atoms with Crippen molar-refractivity contribution in [2.45, 2.75) is 9.79 Å². The van der Waals surface area contributed by atoms with Crippen molar-refractivity contribution in [3.8, 4) is 0 Å². The molecule has 0 saturated heterocycles. The fourth-order valence-electron chi connectivity index (χ4n) is 1.46. The van der Waals surface area contributed by atoms with Crippen LogP contribution in [-0.4, -0.2) is 0 Å². The molecule has 16 heavy (non-hydrogen) atoms. The van der Waals surface area contributed by atoms with Crippen molar-refractivity contribution in [1.29, 1.82) is 0 Å². The summed E-state index contributed by atoms with van der Waals surface area (Å²) in [5, 5.41) is 0. The lowest BCUT2D eigenvalue weighted by Gasteiger charge is -2.07. The Balaban J connectivity index is 2.22. The maximum atomic E-state index is 4.37. The van der Waals surface area contributed by atoms with Crippen LogP contribution in [0.3, 0.4) is 0 Å². The van der Waals surface area contributed by atoms with E-state index < -0.39 is 0 Å². The molecule has 78 valence electrons. The van der Waals surface area contributed by atoms with Gasteiger partial charge in [-0.15, -0.1) is 0 Å². The summed E-state index contributed by atoms with van der Waals surface area (Å²) in [5.41, 5.74) is 1.99. The first-order chi connectivity index (χ1) is 7.93. The molecule has 1 heterocycles. The standard InChI is InChI=1S/C12H8N2S2/c1-3-7-11-9(5-1)13-16-14-10-6-2-4-8-12(10)15-11/h1-8H. The van der Waals surface area contributed by atoms with E-state index in [9.17, 15) is 0 Å². The van der Waals surface area contributed by atoms with E-state index in [2.05, 4.69) is 20.9 Å². The summed E-state index contributed by atoms with van der Waals surface area (Å²) in [5.74, 6) is 0. The summed E-state index contributed by atoms with van der Waals surface area (Å²) in [6.45, 7) is 0. The van der Waals surface area contributed by atoms with E-state index in [1.54, 1.807) is 11.8 Å². The lowest BCUT2D eigenvalue weighted by molar-refractivity contribution is 1.34. The Kier molecular flexibility index (Phi) is 2.60. The summed E-state index contributed by atoms with van der Waals surface area (Å²) in [6, 6.07) is 16.3. The van der Waals surface area contributed by atoms with Gasteiger partial charge in [-0.1, -0.05) is 36.0 Å². The predicted octanol–water partition coefficient (Wildman–Crippen LogP) is 4.56. The highest BCUT2D eigenvalue weighted by Crippen LogP contribution is 2.40. The normalized spacial score (nSPS) is 13.0. The molecule has 0 radical (unpaired) electrons. The molecule has 0 aromatic heterocycles. The van der Waals surface area contributed by atoms with Crippen LogP contribution in [0.2, 0.25) is 0 Å². The first-order valence-corrected chi connectivity index (χ1v) is 6.42. The van der Waals surface area contributed by atoms with Crippen molar-refractivity contribution in [3.63, 3.8) is 0 Å². The van der Waals surface area contributed by atoms with Crippen LogP contribution in [0.5, 0.6) is 0 Å². The van der Waals surface area contributed by atoms with Gasteiger partial charge in [0.15, 0.2) is 0 Å². The van der Waals surface area contributed by atoms with Crippen LogP contribution in [0.4, 0.5) is 11.4 Å². The van der Waals surface area contributed by atoms with Gasteiger partial charge in [0, 0.05) is 9.79 Å². The van der Waals surface area contributed by atoms with Gasteiger partial charge in [-0.25, -0.2) is 0 Å². The highest BCUT2D eigenvalue weighted by Gasteiger charge is 2.08. The van der Waals surface area contributed by atoms with Gasteiger partial charge in [0.1, 0.15) is 0 Å². The monoisotopic (exact) mass is 244 g/mol. The first-order valence-electron chi connectivity index (χ1n) is 4.88. The van der Waals surface area contributed by atoms with Crippen molar-refractivity contribution in [3.05, 3.63) is 48.5 Å². The number of hydrogen-bond donors (Lipinski definition) is 0. The average molecular weight is 244 g/mol. The van der Waals surface area contributed by atoms with Gasteiger partial charge in [-0.3, -0.25) is 0 Å². The fourth-order valence-corrected chi connectivity index (χ4v) is 3.08. The SMILES string of the molecule is c1ccc2c(c1)N=S=Nc1ccccc1S2. The number of nitrogens with zero attached hydrogens (tertiary/aromatic N) is 2. The smallest absolute Gasteiger partial charge is 0.0915 e. The predicted molar refractivity (Wildman–Crippen MR) is 68.5 cm³/mol. The van der Waals surface area contributed by atoms with Crippen LogP contribution in [0.1, 0.15) is 0 Å². The van der Waals surface area contributed by atoms with Gasteiger partial charge >= 0.3 is 0 Å². The van der Waals surface area contributed by atoms with Crippen molar-refractivity contribution < 1.29 is 0 Å².